The van der Waals surface area contributed by atoms with Gasteiger partial charge >= 0.3 is 6.03 Å². The molecule has 3 rings (SSSR count). The number of aromatic nitrogens is 1. The predicted octanol–water partition coefficient (Wildman–Crippen LogP) is 2.01. The number of amides is 4. The standard InChI is InChI=1S/C20H28N4O4/c1-5-28-16-15(7-6-10-21-16)17(25)23-11-8-20(9-12-23)18(26)22(4)19(27)24(20)13-14(2)3/h6-7,10,14H,5,8-9,11-13H2,1-4H3. The number of ether oxygens (including phenoxy) is 1. The maximum Gasteiger partial charge on any atom is 0.327 e. The smallest absolute Gasteiger partial charge is 0.327 e. The van der Waals surface area contributed by atoms with E-state index in [1.54, 1.807) is 28.1 Å². The number of piperidine rings is 1. The summed E-state index contributed by atoms with van der Waals surface area (Å²) in [5.74, 6) is 0.251. The molecule has 0 aromatic carbocycles. The summed E-state index contributed by atoms with van der Waals surface area (Å²) < 4.78 is 5.48. The third-order valence-corrected chi connectivity index (χ3v) is 5.45. The molecule has 2 saturated heterocycles. The number of pyridine rings is 1. The van der Waals surface area contributed by atoms with Crippen LogP contribution in [-0.2, 0) is 4.79 Å². The zero-order valence-corrected chi connectivity index (χ0v) is 17.0. The van der Waals surface area contributed by atoms with Crippen molar-refractivity contribution in [2.75, 3.05) is 33.3 Å². The number of likely N-dealkylation sites (tertiary alicyclic amines) is 1. The average Bonchev–Trinajstić information content (AvgIpc) is 2.85. The number of carbonyl (C=O) groups is 3. The summed E-state index contributed by atoms with van der Waals surface area (Å²) in [6, 6.07) is 3.16. The molecule has 0 atom stereocenters. The lowest BCUT2D eigenvalue weighted by Crippen LogP contribution is -2.58. The first-order valence-electron chi connectivity index (χ1n) is 9.78. The molecule has 1 spiro atoms. The Morgan fingerprint density at radius 3 is 2.57 bits per heavy atom. The van der Waals surface area contributed by atoms with Crippen molar-refractivity contribution in [1.29, 1.82) is 0 Å². The largest absolute Gasteiger partial charge is 0.477 e. The highest BCUT2D eigenvalue weighted by molar-refractivity contribution is 6.07. The third-order valence-electron chi connectivity index (χ3n) is 5.45. The van der Waals surface area contributed by atoms with Crippen LogP contribution in [0.25, 0.3) is 0 Å². The number of carbonyl (C=O) groups excluding carboxylic acids is 3. The number of urea groups is 1. The first-order chi connectivity index (χ1) is 13.3. The van der Waals surface area contributed by atoms with E-state index in [0.717, 1.165) is 0 Å². The second-order valence-corrected chi connectivity index (χ2v) is 7.76. The summed E-state index contributed by atoms with van der Waals surface area (Å²) in [6.45, 7) is 7.66. The Balaban J connectivity index is 1.79. The van der Waals surface area contributed by atoms with E-state index < -0.39 is 5.54 Å². The molecular weight excluding hydrogens is 360 g/mol. The summed E-state index contributed by atoms with van der Waals surface area (Å²) in [6.07, 6.45) is 2.46. The van der Waals surface area contributed by atoms with Gasteiger partial charge in [-0.1, -0.05) is 13.8 Å². The minimum Gasteiger partial charge on any atom is -0.477 e. The van der Waals surface area contributed by atoms with Gasteiger partial charge in [0, 0.05) is 32.9 Å². The molecule has 0 radical (unpaired) electrons. The Hall–Kier alpha value is -2.64. The zero-order valence-electron chi connectivity index (χ0n) is 17.0. The van der Waals surface area contributed by atoms with Crippen molar-refractivity contribution in [2.24, 2.45) is 5.92 Å². The number of hydrogen-bond acceptors (Lipinski definition) is 5. The summed E-state index contributed by atoms with van der Waals surface area (Å²) >= 11 is 0. The second-order valence-electron chi connectivity index (χ2n) is 7.76. The fourth-order valence-electron chi connectivity index (χ4n) is 4.04. The molecule has 28 heavy (non-hydrogen) atoms. The van der Waals surface area contributed by atoms with E-state index in [-0.39, 0.29) is 23.8 Å². The molecule has 1 aromatic rings. The third kappa shape index (κ3) is 3.31. The summed E-state index contributed by atoms with van der Waals surface area (Å²) in [5.41, 5.74) is -0.421. The Bertz CT molecular complexity index is 771. The Labute approximate surface area is 165 Å². The molecule has 0 saturated carbocycles. The van der Waals surface area contributed by atoms with Crippen LogP contribution in [0, 0.1) is 5.92 Å². The molecule has 3 heterocycles. The van der Waals surface area contributed by atoms with Gasteiger partial charge in [-0.3, -0.25) is 14.5 Å². The van der Waals surface area contributed by atoms with E-state index in [2.05, 4.69) is 4.98 Å². The van der Waals surface area contributed by atoms with Crippen LogP contribution in [0.1, 0.15) is 44.0 Å². The first kappa shape index (κ1) is 20.1. The van der Waals surface area contributed by atoms with E-state index in [4.69, 9.17) is 4.74 Å². The van der Waals surface area contributed by atoms with Gasteiger partial charge in [-0.05, 0) is 37.8 Å². The second kappa shape index (κ2) is 7.77. The molecule has 4 amide bonds. The normalized spacial score (nSPS) is 19.1. The zero-order chi connectivity index (χ0) is 20.5. The molecule has 1 aromatic heterocycles. The van der Waals surface area contributed by atoms with Crippen LogP contribution < -0.4 is 4.74 Å². The van der Waals surface area contributed by atoms with E-state index in [0.29, 0.717) is 50.5 Å². The van der Waals surface area contributed by atoms with Crippen molar-refractivity contribution in [2.45, 2.75) is 39.2 Å². The van der Waals surface area contributed by atoms with Crippen LogP contribution in [0.15, 0.2) is 18.3 Å². The van der Waals surface area contributed by atoms with Gasteiger partial charge in [-0.25, -0.2) is 9.78 Å². The molecule has 0 aliphatic carbocycles. The van der Waals surface area contributed by atoms with Gasteiger partial charge in [0.1, 0.15) is 11.1 Å². The number of hydrogen-bond donors (Lipinski definition) is 0. The highest BCUT2D eigenvalue weighted by Crippen LogP contribution is 2.37. The molecule has 0 N–H and O–H groups in total. The molecule has 2 aliphatic heterocycles. The van der Waals surface area contributed by atoms with Gasteiger partial charge in [-0.2, -0.15) is 0 Å². The molecule has 0 bridgehead atoms. The Morgan fingerprint density at radius 1 is 1.29 bits per heavy atom. The maximum atomic E-state index is 13.0. The van der Waals surface area contributed by atoms with Crippen LogP contribution >= 0.6 is 0 Å². The topological polar surface area (TPSA) is 83.0 Å². The Kier molecular flexibility index (Phi) is 5.58. The summed E-state index contributed by atoms with van der Waals surface area (Å²) in [4.78, 5) is 47.3. The average molecular weight is 388 g/mol. The molecule has 8 heteroatoms. The number of likely N-dealkylation sites (N-methyl/N-ethyl adjacent to an activating group) is 1. The first-order valence-corrected chi connectivity index (χ1v) is 9.78. The quantitative estimate of drug-likeness (QED) is 0.721. The summed E-state index contributed by atoms with van der Waals surface area (Å²) in [5, 5.41) is 0. The van der Waals surface area contributed by atoms with Gasteiger partial charge in [0.2, 0.25) is 5.88 Å². The van der Waals surface area contributed by atoms with Crippen LogP contribution in [0.3, 0.4) is 0 Å². The van der Waals surface area contributed by atoms with E-state index in [1.165, 1.54) is 11.9 Å². The van der Waals surface area contributed by atoms with E-state index in [1.807, 2.05) is 20.8 Å². The van der Waals surface area contributed by atoms with Crippen molar-refractivity contribution in [3.05, 3.63) is 23.9 Å². The van der Waals surface area contributed by atoms with Crippen molar-refractivity contribution < 1.29 is 19.1 Å². The van der Waals surface area contributed by atoms with Gasteiger partial charge in [0.05, 0.1) is 6.61 Å². The molecule has 2 aliphatic rings. The fraction of sp³-hybridized carbons (Fsp3) is 0.600. The van der Waals surface area contributed by atoms with Crippen LogP contribution in [-0.4, -0.2) is 76.4 Å². The maximum absolute atomic E-state index is 13.0. The van der Waals surface area contributed by atoms with Crippen LogP contribution in [0.4, 0.5) is 4.79 Å². The number of rotatable bonds is 5. The SMILES string of the molecule is CCOc1ncccc1C(=O)N1CCC2(CC1)C(=O)N(C)C(=O)N2CC(C)C. The molecule has 0 unspecified atom stereocenters. The van der Waals surface area contributed by atoms with Gasteiger partial charge < -0.3 is 14.5 Å². The Morgan fingerprint density at radius 2 is 1.96 bits per heavy atom. The predicted molar refractivity (Wildman–Crippen MR) is 103 cm³/mol. The lowest BCUT2D eigenvalue weighted by atomic mass is 9.85. The summed E-state index contributed by atoms with van der Waals surface area (Å²) in [7, 11) is 1.54. The molecule has 8 nitrogen and oxygen atoms in total. The number of imide groups is 1. The van der Waals surface area contributed by atoms with Crippen LogP contribution in [0.2, 0.25) is 0 Å². The van der Waals surface area contributed by atoms with Crippen molar-refractivity contribution in [1.82, 2.24) is 19.7 Å². The van der Waals surface area contributed by atoms with Crippen molar-refractivity contribution >= 4 is 17.8 Å². The van der Waals surface area contributed by atoms with Crippen molar-refractivity contribution in [3.8, 4) is 5.88 Å². The van der Waals surface area contributed by atoms with Crippen molar-refractivity contribution in [3.63, 3.8) is 0 Å². The number of nitrogens with zero attached hydrogens (tertiary/aromatic N) is 4. The minimum absolute atomic E-state index is 0.160. The highest BCUT2D eigenvalue weighted by atomic mass is 16.5. The fourth-order valence-corrected chi connectivity index (χ4v) is 4.04. The van der Waals surface area contributed by atoms with Gasteiger partial charge in [-0.15, -0.1) is 0 Å². The minimum atomic E-state index is -0.843. The lowest BCUT2D eigenvalue weighted by Gasteiger charge is -2.42. The van der Waals surface area contributed by atoms with Gasteiger partial charge in [0.15, 0.2) is 0 Å². The molecule has 152 valence electrons. The van der Waals surface area contributed by atoms with E-state index >= 15 is 0 Å². The van der Waals surface area contributed by atoms with E-state index in [9.17, 15) is 14.4 Å². The van der Waals surface area contributed by atoms with Gasteiger partial charge in [0.25, 0.3) is 11.8 Å². The highest BCUT2D eigenvalue weighted by Gasteiger charge is 2.57. The monoisotopic (exact) mass is 388 g/mol. The molecule has 2 fully saturated rings. The lowest BCUT2D eigenvalue weighted by molar-refractivity contribution is -0.134. The molecular formula is C20H28N4O4. The van der Waals surface area contributed by atoms with Crippen LogP contribution in [0.5, 0.6) is 5.88 Å².